The number of hydrogen-bond acceptors (Lipinski definition) is 3. The number of aryl methyl sites for hydroxylation is 1. The minimum atomic E-state index is -0.218. The van der Waals surface area contributed by atoms with Crippen LogP contribution in [0, 0.1) is 0 Å². The molecule has 6 heteroatoms. The highest BCUT2D eigenvalue weighted by Crippen LogP contribution is 2.25. The summed E-state index contributed by atoms with van der Waals surface area (Å²) in [6.45, 7) is 0.631. The molecule has 0 atom stereocenters. The summed E-state index contributed by atoms with van der Waals surface area (Å²) in [4.78, 5) is 16.4. The SMILES string of the molecule is O=C(NCCCc1ccccc1)Nc1nc(-c2ccc(Br)cc2)cs1. The predicted molar refractivity (Wildman–Crippen MR) is 107 cm³/mol. The van der Waals surface area contributed by atoms with E-state index in [4.69, 9.17) is 0 Å². The zero-order valence-electron chi connectivity index (χ0n) is 13.5. The number of aromatic nitrogens is 1. The molecule has 0 unspecified atom stereocenters. The van der Waals surface area contributed by atoms with Gasteiger partial charge in [0, 0.05) is 22.0 Å². The van der Waals surface area contributed by atoms with Crippen molar-refractivity contribution in [3.05, 3.63) is 70.0 Å². The summed E-state index contributed by atoms with van der Waals surface area (Å²) in [6, 6.07) is 18.0. The molecule has 0 radical (unpaired) electrons. The Balaban J connectivity index is 1.44. The molecule has 0 aliphatic heterocycles. The van der Waals surface area contributed by atoms with Gasteiger partial charge in [-0.3, -0.25) is 5.32 Å². The standard InChI is InChI=1S/C19H18BrN3OS/c20-16-10-8-15(9-11-16)17-13-25-19(22-17)23-18(24)21-12-4-7-14-5-2-1-3-6-14/h1-3,5-6,8-11,13H,4,7,12H2,(H2,21,22,23,24). The number of urea groups is 1. The lowest BCUT2D eigenvalue weighted by molar-refractivity contribution is 0.252. The zero-order chi connectivity index (χ0) is 17.5. The van der Waals surface area contributed by atoms with Crippen molar-refractivity contribution in [2.45, 2.75) is 12.8 Å². The van der Waals surface area contributed by atoms with Crippen molar-refractivity contribution < 1.29 is 4.79 Å². The lowest BCUT2D eigenvalue weighted by Crippen LogP contribution is -2.29. The Morgan fingerprint density at radius 1 is 1.08 bits per heavy atom. The molecule has 1 heterocycles. The molecule has 0 spiro atoms. The number of nitrogens with zero attached hydrogens (tertiary/aromatic N) is 1. The van der Waals surface area contributed by atoms with E-state index in [-0.39, 0.29) is 6.03 Å². The van der Waals surface area contributed by atoms with Crippen LogP contribution in [0.3, 0.4) is 0 Å². The van der Waals surface area contributed by atoms with Gasteiger partial charge in [0.25, 0.3) is 0 Å². The van der Waals surface area contributed by atoms with E-state index in [2.05, 4.69) is 43.7 Å². The molecule has 0 aliphatic rings. The number of amides is 2. The molecule has 0 saturated carbocycles. The summed E-state index contributed by atoms with van der Waals surface area (Å²) in [6.07, 6.45) is 1.85. The smallest absolute Gasteiger partial charge is 0.321 e. The Morgan fingerprint density at radius 2 is 1.84 bits per heavy atom. The van der Waals surface area contributed by atoms with Gasteiger partial charge < -0.3 is 5.32 Å². The fourth-order valence-corrected chi connectivity index (χ4v) is 3.34. The number of anilines is 1. The maximum atomic E-state index is 12.0. The van der Waals surface area contributed by atoms with Gasteiger partial charge in [-0.2, -0.15) is 0 Å². The molecule has 3 rings (SSSR count). The number of nitrogens with one attached hydrogen (secondary N) is 2. The van der Waals surface area contributed by atoms with E-state index in [9.17, 15) is 4.79 Å². The minimum Gasteiger partial charge on any atom is -0.338 e. The third kappa shape index (κ3) is 5.41. The Morgan fingerprint density at radius 3 is 2.60 bits per heavy atom. The first kappa shape index (κ1) is 17.6. The zero-order valence-corrected chi connectivity index (χ0v) is 15.9. The quantitative estimate of drug-likeness (QED) is 0.534. The van der Waals surface area contributed by atoms with Gasteiger partial charge in [-0.15, -0.1) is 11.3 Å². The van der Waals surface area contributed by atoms with Gasteiger partial charge in [-0.1, -0.05) is 58.4 Å². The van der Waals surface area contributed by atoms with Crippen LogP contribution in [-0.2, 0) is 6.42 Å². The Labute approximate surface area is 159 Å². The van der Waals surface area contributed by atoms with E-state index < -0.39 is 0 Å². The van der Waals surface area contributed by atoms with E-state index in [1.54, 1.807) is 0 Å². The van der Waals surface area contributed by atoms with Crippen LogP contribution in [0.15, 0.2) is 64.5 Å². The average molecular weight is 416 g/mol. The van der Waals surface area contributed by atoms with Crippen LogP contribution >= 0.6 is 27.3 Å². The number of benzene rings is 2. The molecule has 1 aromatic heterocycles. The second-order valence-electron chi connectivity index (χ2n) is 5.51. The number of carbonyl (C=O) groups is 1. The lowest BCUT2D eigenvalue weighted by Gasteiger charge is -2.05. The van der Waals surface area contributed by atoms with Gasteiger partial charge in [0.05, 0.1) is 5.69 Å². The van der Waals surface area contributed by atoms with Gasteiger partial charge in [-0.05, 0) is 30.5 Å². The van der Waals surface area contributed by atoms with Crippen LogP contribution in [-0.4, -0.2) is 17.6 Å². The number of carbonyl (C=O) groups excluding carboxylic acids is 1. The Hall–Kier alpha value is -2.18. The van der Waals surface area contributed by atoms with Crippen molar-refractivity contribution in [3.8, 4) is 11.3 Å². The van der Waals surface area contributed by atoms with E-state index in [0.29, 0.717) is 11.7 Å². The topological polar surface area (TPSA) is 54.0 Å². The summed E-state index contributed by atoms with van der Waals surface area (Å²) < 4.78 is 1.03. The molecule has 2 aromatic carbocycles. The van der Waals surface area contributed by atoms with Crippen LogP contribution in [0.5, 0.6) is 0 Å². The van der Waals surface area contributed by atoms with Gasteiger partial charge in [-0.25, -0.2) is 9.78 Å². The third-order valence-electron chi connectivity index (χ3n) is 3.64. The molecular formula is C19H18BrN3OS. The van der Waals surface area contributed by atoms with Crippen molar-refractivity contribution >= 4 is 38.4 Å². The molecule has 128 valence electrons. The number of rotatable bonds is 6. The average Bonchev–Trinajstić information content (AvgIpc) is 3.09. The second kappa shape index (κ2) is 8.78. The lowest BCUT2D eigenvalue weighted by atomic mass is 10.1. The normalized spacial score (nSPS) is 10.4. The molecule has 25 heavy (non-hydrogen) atoms. The van der Waals surface area contributed by atoms with Gasteiger partial charge >= 0.3 is 6.03 Å². The fourth-order valence-electron chi connectivity index (χ4n) is 2.36. The Kier molecular flexibility index (Phi) is 6.19. The largest absolute Gasteiger partial charge is 0.338 e. The molecule has 0 bridgehead atoms. The fraction of sp³-hybridized carbons (Fsp3) is 0.158. The molecule has 2 N–H and O–H groups in total. The van der Waals surface area contributed by atoms with E-state index in [0.717, 1.165) is 28.6 Å². The van der Waals surface area contributed by atoms with Crippen LogP contribution < -0.4 is 10.6 Å². The Bertz CT molecular complexity index is 818. The highest BCUT2D eigenvalue weighted by molar-refractivity contribution is 9.10. The summed E-state index contributed by atoms with van der Waals surface area (Å²) in [7, 11) is 0. The second-order valence-corrected chi connectivity index (χ2v) is 7.29. The third-order valence-corrected chi connectivity index (χ3v) is 4.92. The van der Waals surface area contributed by atoms with Crippen LogP contribution in [0.25, 0.3) is 11.3 Å². The van der Waals surface area contributed by atoms with Crippen molar-refractivity contribution in [1.29, 1.82) is 0 Å². The van der Waals surface area contributed by atoms with Crippen LogP contribution in [0.4, 0.5) is 9.93 Å². The predicted octanol–water partition coefficient (Wildman–Crippen LogP) is 5.33. The molecule has 0 fully saturated rings. The summed E-state index contributed by atoms with van der Waals surface area (Å²) in [5.74, 6) is 0. The first-order valence-corrected chi connectivity index (χ1v) is 9.68. The molecule has 0 aliphatic carbocycles. The molecule has 3 aromatic rings. The van der Waals surface area contributed by atoms with E-state index >= 15 is 0 Å². The van der Waals surface area contributed by atoms with Crippen LogP contribution in [0.2, 0.25) is 0 Å². The van der Waals surface area contributed by atoms with Crippen molar-refractivity contribution in [2.75, 3.05) is 11.9 Å². The summed E-state index contributed by atoms with van der Waals surface area (Å²) in [5.41, 5.74) is 3.16. The first-order valence-electron chi connectivity index (χ1n) is 8.01. The molecule has 4 nitrogen and oxygen atoms in total. The van der Waals surface area contributed by atoms with E-state index in [1.807, 2.05) is 47.8 Å². The van der Waals surface area contributed by atoms with Gasteiger partial charge in [0.2, 0.25) is 0 Å². The number of thiazole rings is 1. The van der Waals surface area contributed by atoms with Crippen molar-refractivity contribution in [2.24, 2.45) is 0 Å². The molecule has 2 amide bonds. The van der Waals surface area contributed by atoms with Crippen molar-refractivity contribution in [1.82, 2.24) is 10.3 Å². The van der Waals surface area contributed by atoms with Gasteiger partial charge in [0.1, 0.15) is 0 Å². The maximum Gasteiger partial charge on any atom is 0.321 e. The highest BCUT2D eigenvalue weighted by Gasteiger charge is 2.07. The molecule has 0 saturated heterocycles. The van der Waals surface area contributed by atoms with Gasteiger partial charge in [0.15, 0.2) is 5.13 Å². The van der Waals surface area contributed by atoms with E-state index in [1.165, 1.54) is 16.9 Å². The summed E-state index contributed by atoms with van der Waals surface area (Å²) >= 11 is 4.84. The number of hydrogen-bond donors (Lipinski definition) is 2. The maximum absolute atomic E-state index is 12.0. The highest BCUT2D eigenvalue weighted by atomic mass is 79.9. The first-order chi connectivity index (χ1) is 12.2. The summed E-state index contributed by atoms with van der Waals surface area (Å²) in [5, 5.41) is 8.19. The monoisotopic (exact) mass is 415 g/mol. The number of halogens is 1. The molecular weight excluding hydrogens is 398 g/mol. The van der Waals surface area contributed by atoms with Crippen molar-refractivity contribution in [3.63, 3.8) is 0 Å². The van der Waals surface area contributed by atoms with Crippen LogP contribution in [0.1, 0.15) is 12.0 Å². The minimum absolute atomic E-state index is 0.218.